The first-order valence-corrected chi connectivity index (χ1v) is 14.4. The van der Waals surface area contributed by atoms with E-state index in [0.29, 0.717) is 18.4 Å². The number of aliphatic carboxylic acids is 1. The smallest absolute Gasteiger partial charge is 0.361 e. The number of likely N-dealkylation sites (tertiary alicyclic amines) is 1. The molecular formula is C29H37N3O2S. The zero-order valence-electron chi connectivity index (χ0n) is 20.9. The van der Waals surface area contributed by atoms with Crippen molar-refractivity contribution in [2.24, 2.45) is 16.8 Å². The predicted molar refractivity (Wildman–Crippen MR) is 143 cm³/mol. The molecule has 3 aliphatic heterocycles. The highest BCUT2D eigenvalue weighted by atomic mass is 32.2. The Bertz CT molecular complexity index is 1100. The zero-order valence-corrected chi connectivity index (χ0v) is 21.7. The van der Waals surface area contributed by atoms with Crippen LogP contribution < -0.4 is 0 Å². The van der Waals surface area contributed by atoms with Gasteiger partial charge in [0.2, 0.25) is 0 Å². The number of aliphatic imine (C=N–C) groups is 1. The molecule has 6 heteroatoms. The molecule has 0 bridgehead atoms. The van der Waals surface area contributed by atoms with Gasteiger partial charge in [0.15, 0.2) is 5.04 Å². The van der Waals surface area contributed by atoms with Crippen LogP contribution in [0.4, 0.5) is 0 Å². The molecule has 0 amide bonds. The lowest BCUT2D eigenvalue weighted by atomic mass is 9.80. The summed E-state index contributed by atoms with van der Waals surface area (Å²) in [5.74, 6) is 0.0182. The molecule has 0 radical (unpaired) electrons. The molecule has 35 heavy (non-hydrogen) atoms. The second-order valence-electron chi connectivity index (χ2n) is 11.0. The first kappa shape index (κ1) is 23.4. The molecule has 2 fully saturated rings. The molecule has 0 spiro atoms. The Balaban J connectivity index is 1.41. The second-order valence-corrected chi connectivity index (χ2v) is 12.0. The van der Waals surface area contributed by atoms with Gasteiger partial charge in [-0.05, 0) is 79.5 Å². The average Bonchev–Trinajstić information content (AvgIpc) is 3.36. The van der Waals surface area contributed by atoms with Crippen molar-refractivity contribution in [3.05, 3.63) is 56.7 Å². The summed E-state index contributed by atoms with van der Waals surface area (Å²) in [6.07, 6.45) is 17.6. The maximum atomic E-state index is 11.9. The van der Waals surface area contributed by atoms with Gasteiger partial charge in [-0.25, -0.2) is 4.79 Å². The molecule has 1 atom stereocenters. The van der Waals surface area contributed by atoms with Gasteiger partial charge < -0.3 is 14.9 Å². The topological polar surface area (TPSA) is 56.1 Å². The van der Waals surface area contributed by atoms with Gasteiger partial charge in [-0.15, -0.1) is 0 Å². The normalized spacial score (nSPS) is 27.6. The number of rotatable bonds is 5. The number of thioether (sulfide) groups is 1. The van der Waals surface area contributed by atoms with E-state index in [0.717, 1.165) is 19.6 Å². The Morgan fingerprint density at radius 3 is 2.60 bits per heavy atom. The van der Waals surface area contributed by atoms with E-state index in [1.165, 1.54) is 115 Å². The molecule has 1 saturated carbocycles. The summed E-state index contributed by atoms with van der Waals surface area (Å²) in [4.78, 5) is 22.8. The van der Waals surface area contributed by atoms with Gasteiger partial charge in [0.05, 0.1) is 6.54 Å². The van der Waals surface area contributed by atoms with Gasteiger partial charge in [-0.3, -0.25) is 4.99 Å². The highest BCUT2D eigenvalue weighted by Gasteiger charge is 2.44. The van der Waals surface area contributed by atoms with Crippen LogP contribution in [0.5, 0.6) is 0 Å². The summed E-state index contributed by atoms with van der Waals surface area (Å²) in [6, 6.07) is 0. The number of carboxylic acids is 1. The Morgan fingerprint density at radius 1 is 1.06 bits per heavy atom. The first-order valence-electron chi connectivity index (χ1n) is 13.6. The third-order valence-corrected chi connectivity index (χ3v) is 9.89. The quantitative estimate of drug-likeness (QED) is 0.547. The lowest BCUT2D eigenvalue weighted by molar-refractivity contribution is -0.129. The van der Waals surface area contributed by atoms with E-state index >= 15 is 0 Å². The highest BCUT2D eigenvalue weighted by molar-refractivity contribution is 8.19. The van der Waals surface area contributed by atoms with E-state index in [-0.39, 0.29) is 5.04 Å². The molecule has 0 aromatic rings. The lowest BCUT2D eigenvalue weighted by Gasteiger charge is -2.30. The average molecular weight is 492 g/mol. The summed E-state index contributed by atoms with van der Waals surface area (Å²) < 4.78 is 0. The SMILES string of the molecule is CC1=CC=C2C(C3CCCCC3)=C3C(=CN(CCN4CCCCC4)CC4=C3SC(C(=O)O)=NC4)C12. The van der Waals surface area contributed by atoms with Crippen molar-refractivity contribution in [1.29, 1.82) is 0 Å². The standard InChI is InChI=1S/C29H37N3O2S/c1-19-10-11-22-24(19)23-18-32(15-14-31-12-6-3-7-13-31)17-21-16-30-28(29(33)34)35-27(21)26(23)25(22)20-8-4-2-5-9-20/h10-11,18,20,24H,2-9,12-17H2,1H3,(H,33,34). The number of piperidine rings is 1. The largest absolute Gasteiger partial charge is 0.476 e. The summed E-state index contributed by atoms with van der Waals surface area (Å²) in [5.41, 5.74) is 8.51. The third kappa shape index (κ3) is 4.37. The van der Waals surface area contributed by atoms with E-state index in [1.807, 2.05) is 0 Å². The van der Waals surface area contributed by atoms with Gasteiger partial charge in [0, 0.05) is 36.7 Å². The molecule has 6 aliphatic rings. The maximum Gasteiger partial charge on any atom is 0.361 e. The third-order valence-electron chi connectivity index (χ3n) is 8.70. The van der Waals surface area contributed by atoms with Gasteiger partial charge in [-0.1, -0.05) is 55.2 Å². The minimum atomic E-state index is -0.897. The molecule has 1 N–H and O–H groups in total. The molecule has 0 aromatic heterocycles. The monoisotopic (exact) mass is 491 g/mol. The van der Waals surface area contributed by atoms with Crippen LogP contribution in [0.2, 0.25) is 0 Å². The summed E-state index contributed by atoms with van der Waals surface area (Å²) in [5, 5.41) is 10.0. The first-order chi connectivity index (χ1) is 17.1. The number of hydrogen-bond acceptors (Lipinski definition) is 5. The maximum absolute atomic E-state index is 11.9. The molecular weight excluding hydrogens is 454 g/mol. The molecule has 186 valence electrons. The van der Waals surface area contributed by atoms with E-state index in [1.54, 1.807) is 0 Å². The Hall–Kier alpha value is -2.05. The summed E-state index contributed by atoms with van der Waals surface area (Å²) in [6.45, 7) is 8.18. The molecule has 1 unspecified atom stereocenters. The fourth-order valence-electron chi connectivity index (χ4n) is 6.97. The minimum Gasteiger partial charge on any atom is -0.476 e. The van der Waals surface area contributed by atoms with Crippen LogP contribution in [0.25, 0.3) is 0 Å². The number of fused-ring (bicyclic) bond motifs is 4. The van der Waals surface area contributed by atoms with Crippen molar-refractivity contribution in [2.45, 2.75) is 58.3 Å². The second kappa shape index (κ2) is 9.78. The van der Waals surface area contributed by atoms with Crippen LogP contribution in [-0.2, 0) is 4.79 Å². The van der Waals surface area contributed by atoms with Crippen LogP contribution >= 0.6 is 11.8 Å². The van der Waals surface area contributed by atoms with Gasteiger partial charge >= 0.3 is 5.97 Å². The van der Waals surface area contributed by atoms with Crippen molar-refractivity contribution >= 4 is 22.8 Å². The van der Waals surface area contributed by atoms with E-state index < -0.39 is 5.97 Å². The van der Waals surface area contributed by atoms with Crippen LogP contribution in [0, 0.1) is 11.8 Å². The number of carbonyl (C=O) groups is 1. The fraction of sp³-hybridized carbons (Fsp3) is 0.586. The molecule has 3 aliphatic carbocycles. The van der Waals surface area contributed by atoms with Crippen molar-refractivity contribution in [3.63, 3.8) is 0 Å². The van der Waals surface area contributed by atoms with Crippen molar-refractivity contribution in [2.75, 3.05) is 39.3 Å². The number of nitrogens with zero attached hydrogens (tertiary/aromatic N) is 3. The minimum absolute atomic E-state index is 0.249. The van der Waals surface area contributed by atoms with Crippen molar-refractivity contribution in [3.8, 4) is 0 Å². The van der Waals surface area contributed by atoms with Crippen LogP contribution in [0.3, 0.4) is 0 Å². The van der Waals surface area contributed by atoms with E-state index in [2.05, 4.69) is 40.1 Å². The Labute approximate surface area is 213 Å². The Kier molecular flexibility index (Phi) is 6.52. The number of hydrogen-bond donors (Lipinski definition) is 1. The number of allylic oxidation sites excluding steroid dienone is 7. The predicted octanol–water partition coefficient (Wildman–Crippen LogP) is 5.55. The van der Waals surface area contributed by atoms with Crippen molar-refractivity contribution in [1.82, 2.24) is 9.80 Å². The number of carboxylic acid groups (broad SMARTS) is 1. The molecule has 0 aromatic carbocycles. The van der Waals surface area contributed by atoms with Gasteiger partial charge in [-0.2, -0.15) is 0 Å². The zero-order chi connectivity index (χ0) is 23.9. The molecule has 6 rings (SSSR count). The molecule has 1 saturated heterocycles. The van der Waals surface area contributed by atoms with Crippen LogP contribution in [0.1, 0.15) is 58.3 Å². The van der Waals surface area contributed by atoms with E-state index in [9.17, 15) is 9.90 Å². The van der Waals surface area contributed by atoms with E-state index in [4.69, 9.17) is 0 Å². The Morgan fingerprint density at radius 2 is 1.83 bits per heavy atom. The fourth-order valence-corrected chi connectivity index (χ4v) is 7.98. The lowest BCUT2D eigenvalue weighted by Crippen LogP contribution is -2.37. The molecule has 5 nitrogen and oxygen atoms in total. The van der Waals surface area contributed by atoms with Crippen molar-refractivity contribution < 1.29 is 9.90 Å². The van der Waals surface area contributed by atoms with Gasteiger partial charge in [0.1, 0.15) is 0 Å². The highest BCUT2D eigenvalue weighted by Crippen LogP contribution is 2.57. The summed E-state index contributed by atoms with van der Waals surface area (Å²) in [7, 11) is 0. The van der Waals surface area contributed by atoms with Crippen LogP contribution in [0.15, 0.2) is 61.7 Å². The molecule has 3 heterocycles. The van der Waals surface area contributed by atoms with Crippen LogP contribution in [-0.4, -0.2) is 65.2 Å². The summed E-state index contributed by atoms with van der Waals surface area (Å²) >= 11 is 1.42. The van der Waals surface area contributed by atoms with Gasteiger partial charge in [0.25, 0.3) is 0 Å².